The van der Waals surface area contributed by atoms with Crippen LogP contribution in [0.15, 0.2) is 26.7 Å². The van der Waals surface area contributed by atoms with Gasteiger partial charge in [0.25, 0.3) is 0 Å². The standard InChI is InChI=1S/C10H17N5O/c1-7-4-8(6-16-7)5-15(3)10(13-2)14-9(11)12/h4,6H,5H2,1-3H3,(H4,11,12,13,14). The Morgan fingerprint density at radius 3 is 2.62 bits per heavy atom. The lowest BCUT2D eigenvalue weighted by molar-refractivity contribution is 0.483. The molecule has 0 bridgehead atoms. The highest BCUT2D eigenvalue weighted by Gasteiger charge is 2.07. The minimum absolute atomic E-state index is 0.00387. The number of aryl methyl sites for hydroxylation is 1. The number of rotatable bonds is 2. The average Bonchev–Trinajstić information content (AvgIpc) is 2.60. The van der Waals surface area contributed by atoms with E-state index in [-0.39, 0.29) is 5.96 Å². The molecule has 88 valence electrons. The third kappa shape index (κ3) is 3.30. The summed E-state index contributed by atoms with van der Waals surface area (Å²) in [5.41, 5.74) is 11.7. The molecule has 0 unspecified atom stereocenters. The van der Waals surface area contributed by atoms with E-state index in [1.807, 2.05) is 24.9 Å². The number of nitrogens with two attached hydrogens (primary N) is 2. The lowest BCUT2D eigenvalue weighted by atomic mass is 10.3. The lowest BCUT2D eigenvalue weighted by Gasteiger charge is -2.16. The summed E-state index contributed by atoms with van der Waals surface area (Å²) in [6, 6.07) is 1.96. The first kappa shape index (κ1) is 12.1. The van der Waals surface area contributed by atoms with Gasteiger partial charge >= 0.3 is 0 Å². The van der Waals surface area contributed by atoms with Crippen molar-refractivity contribution in [1.29, 1.82) is 0 Å². The van der Waals surface area contributed by atoms with Crippen molar-refractivity contribution in [2.45, 2.75) is 13.5 Å². The van der Waals surface area contributed by atoms with Crippen LogP contribution in [0.5, 0.6) is 0 Å². The van der Waals surface area contributed by atoms with E-state index in [0.29, 0.717) is 12.5 Å². The van der Waals surface area contributed by atoms with Gasteiger partial charge in [-0.1, -0.05) is 0 Å². The van der Waals surface area contributed by atoms with Crippen LogP contribution in [0.4, 0.5) is 0 Å². The molecule has 1 heterocycles. The lowest BCUT2D eigenvalue weighted by Crippen LogP contribution is -2.30. The number of furan rings is 1. The third-order valence-electron chi connectivity index (χ3n) is 1.98. The normalized spacial score (nSPS) is 11.3. The average molecular weight is 223 g/mol. The van der Waals surface area contributed by atoms with Gasteiger partial charge in [0.2, 0.25) is 5.96 Å². The molecule has 0 amide bonds. The first-order valence-electron chi connectivity index (χ1n) is 4.84. The molecular weight excluding hydrogens is 206 g/mol. The highest BCUT2D eigenvalue weighted by molar-refractivity contribution is 5.93. The van der Waals surface area contributed by atoms with Gasteiger partial charge < -0.3 is 20.8 Å². The summed E-state index contributed by atoms with van der Waals surface area (Å²) in [6.07, 6.45) is 1.70. The van der Waals surface area contributed by atoms with E-state index in [9.17, 15) is 0 Å². The van der Waals surface area contributed by atoms with E-state index in [1.54, 1.807) is 13.3 Å². The van der Waals surface area contributed by atoms with Crippen LogP contribution in [0.1, 0.15) is 11.3 Å². The van der Waals surface area contributed by atoms with Crippen LogP contribution in [-0.4, -0.2) is 30.9 Å². The summed E-state index contributed by atoms with van der Waals surface area (Å²) in [5.74, 6) is 1.36. The summed E-state index contributed by atoms with van der Waals surface area (Å²) in [5, 5.41) is 0. The summed E-state index contributed by atoms with van der Waals surface area (Å²) in [7, 11) is 3.50. The van der Waals surface area contributed by atoms with E-state index in [0.717, 1.165) is 11.3 Å². The summed E-state index contributed by atoms with van der Waals surface area (Å²) >= 11 is 0. The Morgan fingerprint density at radius 1 is 1.50 bits per heavy atom. The second kappa shape index (κ2) is 5.20. The van der Waals surface area contributed by atoms with E-state index < -0.39 is 0 Å². The van der Waals surface area contributed by atoms with Gasteiger partial charge in [-0.25, -0.2) is 0 Å². The molecule has 0 saturated heterocycles. The molecule has 6 heteroatoms. The van der Waals surface area contributed by atoms with Gasteiger partial charge in [-0.3, -0.25) is 4.99 Å². The number of guanidine groups is 2. The topological polar surface area (TPSA) is 93.1 Å². The Kier molecular flexibility index (Phi) is 3.93. The van der Waals surface area contributed by atoms with Crippen LogP contribution >= 0.6 is 0 Å². The minimum Gasteiger partial charge on any atom is -0.469 e. The maximum atomic E-state index is 5.31. The number of aliphatic imine (C=N–C) groups is 2. The molecule has 0 saturated carbocycles. The number of hydrogen-bond acceptors (Lipinski definition) is 2. The molecule has 1 aromatic heterocycles. The van der Waals surface area contributed by atoms with Crippen molar-refractivity contribution in [2.24, 2.45) is 21.5 Å². The Balaban J connectivity index is 2.71. The van der Waals surface area contributed by atoms with Crippen molar-refractivity contribution in [3.63, 3.8) is 0 Å². The zero-order valence-corrected chi connectivity index (χ0v) is 9.77. The molecule has 0 aliphatic heterocycles. The van der Waals surface area contributed by atoms with E-state index >= 15 is 0 Å². The fraction of sp³-hybridized carbons (Fsp3) is 0.400. The van der Waals surface area contributed by atoms with Gasteiger partial charge in [0.15, 0.2) is 5.96 Å². The largest absolute Gasteiger partial charge is 0.469 e. The van der Waals surface area contributed by atoms with Crippen LogP contribution in [0.2, 0.25) is 0 Å². The molecule has 0 aromatic carbocycles. The second-order valence-electron chi connectivity index (χ2n) is 3.48. The maximum absolute atomic E-state index is 5.31. The molecular formula is C10H17N5O. The van der Waals surface area contributed by atoms with Gasteiger partial charge in [-0.15, -0.1) is 0 Å². The smallest absolute Gasteiger partial charge is 0.223 e. The zero-order chi connectivity index (χ0) is 12.1. The fourth-order valence-corrected chi connectivity index (χ4v) is 1.35. The molecule has 1 rings (SSSR count). The van der Waals surface area contributed by atoms with Crippen molar-refractivity contribution in [3.8, 4) is 0 Å². The molecule has 0 atom stereocenters. The van der Waals surface area contributed by atoms with Crippen LogP contribution in [0.3, 0.4) is 0 Å². The maximum Gasteiger partial charge on any atom is 0.223 e. The van der Waals surface area contributed by atoms with E-state index in [2.05, 4.69) is 9.98 Å². The molecule has 0 spiro atoms. The van der Waals surface area contributed by atoms with Gasteiger partial charge in [-0.05, 0) is 13.0 Å². The molecule has 4 N–H and O–H groups in total. The van der Waals surface area contributed by atoms with Gasteiger partial charge in [0, 0.05) is 26.2 Å². The number of nitrogens with zero attached hydrogens (tertiary/aromatic N) is 3. The van der Waals surface area contributed by atoms with Crippen molar-refractivity contribution < 1.29 is 4.42 Å². The van der Waals surface area contributed by atoms with Crippen LogP contribution in [0, 0.1) is 6.92 Å². The monoisotopic (exact) mass is 223 g/mol. The first-order valence-corrected chi connectivity index (χ1v) is 4.84. The quantitative estimate of drug-likeness (QED) is 0.556. The SMILES string of the molecule is CN=C(N=C(N)N)N(C)Cc1coc(C)c1. The Morgan fingerprint density at radius 2 is 2.19 bits per heavy atom. The predicted molar refractivity (Wildman–Crippen MR) is 64.1 cm³/mol. The predicted octanol–water partition coefficient (Wildman–Crippen LogP) is 0.279. The number of hydrogen-bond donors (Lipinski definition) is 2. The molecule has 1 aromatic rings. The summed E-state index contributed by atoms with van der Waals surface area (Å²) in [6.45, 7) is 2.54. The summed E-state index contributed by atoms with van der Waals surface area (Å²) in [4.78, 5) is 9.75. The Bertz CT molecular complexity index is 403. The van der Waals surface area contributed by atoms with Crippen molar-refractivity contribution in [2.75, 3.05) is 14.1 Å². The molecule has 0 aliphatic carbocycles. The minimum atomic E-state index is -0.00387. The van der Waals surface area contributed by atoms with E-state index in [4.69, 9.17) is 15.9 Å². The molecule has 6 nitrogen and oxygen atoms in total. The molecule has 0 fully saturated rings. The zero-order valence-electron chi connectivity index (χ0n) is 9.77. The third-order valence-corrected chi connectivity index (χ3v) is 1.98. The summed E-state index contributed by atoms with van der Waals surface area (Å²) < 4.78 is 5.21. The van der Waals surface area contributed by atoms with E-state index in [1.165, 1.54) is 0 Å². The van der Waals surface area contributed by atoms with Gasteiger partial charge in [0.05, 0.1) is 6.26 Å². The molecule has 16 heavy (non-hydrogen) atoms. The molecule has 0 radical (unpaired) electrons. The van der Waals surface area contributed by atoms with Crippen LogP contribution < -0.4 is 11.5 Å². The van der Waals surface area contributed by atoms with Crippen molar-refractivity contribution >= 4 is 11.9 Å². The fourth-order valence-electron chi connectivity index (χ4n) is 1.35. The second-order valence-corrected chi connectivity index (χ2v) is 3.48. The van der Waals surface area contributed by atoms with Gasteiger partial charge in [-0.2, -0.15) is 4.99 Å². The first-order chi connectivity index (χ1) is 7.52. The highest BCUT2D eigenvalue weighted by Crippen LogP contribution is 2.09. The van der Waals surface area contributed by atoms with Crippen LogP contribution in [0.25, 0.3) is 0 Å². The van der Waals surface area contributed by atoms with Crippen molar-refractivity contribution in [1.82, 2.24) is 4.90 Å². The van der Waals surface area contributed by atoms with Crippen molar-refractivity contribution in [3.05, 3.63) is 23.7 Å². The van der Waals surface area contributed by atoms with Gasteiger partial charge in [0.1, 0.15) is 5.76 Å². The molecule has 0 aliphatic rings. The van der Waals surface area contributed by atoms with Crippen LogP contribution in [-0.2, 0) is 6.54 Å². The Labute approximate surface area is 94.6 Å². The Hall–Kier alpha value is -1.98. The highest BCUT2D eigenvalue weighted by atomic mass is 16.3.